The van der Waals surface area contributed by atoms with Crippen LogP contribution in [0.25, 0.3) is 0 Å². The number of anilines is 2. The summed E-state index contributed by atoms with van der Waals surface area (Å²) in [7, 11) is 1.84. The van der Waals surface area contributed by atoms with E-state index in [9.17, 15) is 4.79 Å². The van der Waals surface area contributed by atoms with Crippen molar-refractivity contribution >= 4 is 17.5 Å². The van der Waals surface area contributed by atoms with Crippen molar-refractivity contribution in [3.8, 4) is 0 Å². The molecule has 104 valence electrons. The van der Waals surface area contributed by atoms with E-state index >= 15 is 0 Å². The van der Waals surface area contributed by atoms with Crippen LogP contribution in [0.2, 0.25) is 0 Å². The highest BCUT2D eigenvalue weighted by molar-refractivity contribution is 6.03. The third-order valence-electron chi connectivity index (χ3n) is 3.08. The lowest BCUT2D eigenvalue weighted by Crippen LogP contribution is -2.16. The maximum Gasteiger partial charge on any atom is 0.258 e. The van der Waals surface area contributed by atoms with Gasteiger partial charge in [0.2, 0.25) is 5.95 Å². The SMILES string of the molecule is CNc1ccc(C(=O)Nc2nnc(C)c(C)n2)cc1C. The quantitative estimate of drug-likeness (QED) is 0.893. The van der Waals surface area contributed by atoms with E-state index < -0.39 is 0 Å². The van der Waals surface area contributed by atoms with Gasteiger partial charge in [0.05, 0.1) is 11.4 Å². The Hall–Kier alpha value is -2.50. The largest absolute Gasteiger partial charge is 0.388 e. The first-order valence-corrected chi connectivity index (χ1v) is 6.29. The number of benzene rings is 1. The standard InChI is InChI=1S/C14H17N5O/c1-8-7-11(5-6-12(8)15-4)13(20)17-14-16-9(2)10(3)18-19-14/h5-7,15H,1-4H3,(H,16,17,19,20). The predicted octanol–water partition coefficient (Wildman–Crippen LogP) is 2.09. The van der Waals surface area contributed by atoms with E-state index in [0.717, 1.165) is 22.6 Å². The van der Waals surface area contributed by atoms with Crippen LogP contribution in [-0.4, -0.2) is 28.1 Å². The van der Waals surface area contributed by atoms with Crippen LogP contribution in [0, 0.1) is 20.8 Å². The molecule has 0 saturated heterocycles. The molecule has 0 bridgehead atoms. The Bertz CT molecular complexity index is 654. The van der Waals surface area contributed by atoms with E-state index in [4.69, 9.17) is 0 Å². The van der Waals surface area contributed by atoms with Crippen molar-refractivity contribution in [2.45, 2.75) is 20.8 Å². The maximum absolute atomic E-state index is 12.1. The van der Waals surface area contributed by atoms with E-state index in [1.165, 1.54) is 0 Å². The Kier molecular flexibility index (Phi) is 3.93. The van der Waals surface area contributed by atoms with Crippen molar-refractivity contribution in [2.24, 2.45) is 0 Å². The number of aryl methyl sites for hydroxylation is 3. The Balaban J connectivity index is 2.19. The number of carbonyl (C=O) groups is 1. The van der Waals surface area contributed by atoms with Crippen LogP contribution < -0.4 is 10.6 Å². The summed E-state index contributed by atoms with van der Waals surface area (Å²) in [5.41, 5.74) is 4.04. The molecule has 2 rings (SSSR count). The topological polar surface area (TPSA) is 79.8 Å². The first kappa shape index (κ1) is 13.9. The average Bonchev–Trinajstić information content (AvgIpc) is 2.42. The van der Waals surface area contributed by atoms with Gasteiger partial charge in [0, 0.05) is 18.3 Å². The molecular weight excluding hydrogens is 254 g/mol. The zero-order chi connectivity index (χ0) is 14.7. The van der Waals surface area contributed by atoms with E-state index in [-0.39, 0.29) is 11.9 Å². The van der Waals surface area contributed by atoms with Gasteiger partial charge in [-0.2, -0.15) is 5.10 Å². The number of rotatable bonds is 3. The second-order valence-corrected chi connectivity index (χ2v) is 4.54. The first-order chi connectivity index (χ1) is 9.51. The van der Waals surface area contributed by atoms with Gasteiger partial charge in [-0.3, -0.25) is 10.1 Å². The van der Waals surface area contributed by atoms with Gasteiger partial charge in [0.1, 0.15) is 0 Å². The molecule has 1 amide bonds. The van der Waals surface area contributed by atoms with Gasteiger partial charge in [-0.15, -0.1) is 5.10 Å². The summed E-state index contributed by atoms with van der Waals surface area (Å²) >= 11 is 0. The molecule has 0 aliphatic carbocycles. The molecule has 0 saturated carbocycles. The molecule has 0 aliphatic heterocycles. The summed E-state index contributed by atoms with van der Waals surface area (Å²) in [6, 6.07) is 5.43. The molecule has 2 N–H and O–H groups in total. The van der Waals surface area contributed by atoms with E-state index in [1.54, 1.807) is 6.07 Å². The number of hydrogen-bond donors (Lipinski definition) is 2. The zero-order valence-corrected chi connectivity index (χ0v) is 12.0. The van der Waals surface area contributed by atoms with Gasteiger partial charge in [-0.1, -0.05) is 0 Å². The summed E-state index contributed by atoms with van der Waals surface area (Å²) in [6.07, 6.45) is 0. The van der Waals surface area contributed by atoms with Gasteiger partial charge in [0.25, 0.3) is 5.91 Å². The van der Waals surface area contributed by atoms with Crippen LogP contribution in [0.15, 0.2) is 18.2 Å². The van der Waals surface area contributed by atoms with Crippen molar-refractivity contribution in [3.63, 3.8) is 0 Å². The Morgan fingerprint density at radius 2 is 1.85 bits per heavy atom. The van der Waals surface area contributed by atoms with Gasteiger partial charge in [-0.25, -0.2) is 4.98 Å². The Morgan fingerprint density at radius 3 is 2.45 bits per heavy atom. The lowest BCUT2D eigenvalue weighted by molar-refractivity contribution is 0.102. The van der Waals surface area contributed by atoms with Crippen molar-refractivity contribution in [2.75, 3.05) is 17.7 Å². The highest BCUT2D eigenvalue weighted by Crippen LogP contribution is 2.16. The predicted molar refractivity (Wildman–Crippen MR) is 78.0 cm³/mol. The highest BCUT2D eigenvalue weighted by atomic mass is 16.1. The third-order valence-corrected chi connectivity index (χ3v) is 3.08. The number of aromatic nitrogens is 3. The summed E-state index contributed by atoms with van der Waals surface area (Å²) in [5, 5.41) is 13.5. The number of nitrogens with one attached hydrogen (secondary N) is 2. The molecule has 6 heteroatoms. The minimum atomic E-state index is -0.249. The monoisotopic (exact) mass is 271 g/mol. The lowest BCUT2D eigenvalue weighted by atomic mass is 10.1. The maximum atomic E-state index is 12.1. The Morgan fingerprint density at radius 1 is 1.10 bits per heavy atom. The molecule has 1 heterocycles. The zero-order valence-electron chi connectivity index (χ0n) is 12.0. The summed E-state index contributed by atoms with van der Waals surface area (Å²) < 4.78 is 0. The smallest absolute Gasteiger partial charge is 0.258 e. The van der Waals surface area contributed by atoms with E-state index in [2.05, 4.69) is 25.8 Å². The highest BCUT2D eigenvalue weighted by Gasteiger charge is 2.10. The van der Waals surface area contributed by atoms with E-state index in [0.29, 0.717) is 5.56 Å². The fourth-order valence-corrected chi connectivity index (χ4v) is 1.77. The van der Waals surface area contributed by atoms with E-state index in [1.807, 2.05) is 40.0 Å². The fourth-order valence-electron chi connectivity index (χ4n) is 1.77. The molecule has 1 aromatic carbocycles. The van der Waals surface area contributed by atoms with Crippen molar-refractivity contribution in [1.82, 2.24) is 15.2 Å². The molecule has 0 fully saturated rings. The van der Waals surface area contributed by atoms with Crippen LogP contribution in [0.5, 0.6) is 0 Å². The van der Waals surface area contributed by atoms with Crippen LogP contribution in [0.3, 0.4) is 0 Å². The molecule has 0 unspecified atom stereocenters. The molecule has 20 heavy (non-hydrogen) atoms. The second kappa shape index (κ2) is 5.64. The molecule has 0 spiro atoms. The number of amides is 1. The van der Waals surface area contributed by atoms with Gasteiger partial charge in [-0.05, 0) is 44.5 Å². The van der Waals surface area contributed by atoms with Crippen LogP contribution in [0.1, 0.15) is 27.3 Å². The normalized spacial score (nSPS) is 10.2. The molecule has 6 nitrogen and oxygen atoms in total. The van der Waals surface area contributed by atoms with Crippen LogP contribution in [-0.2, 0) is 0 Å². The number of hydrogen-bond acceptors (Lipinski definition) is 5. The minimum Gasteiger partial charge on any atom is -0.388 e. The summed E-state index contributed by atoms with van der Waals surface area (Å²) in [5.74, 6) is -0.0331. The van der Waals surface area contributed by atoms with Crippen LogP contribution >= 0.6 is 0 Å². The minimum absolute atomic E-state index is 0.216. The van der Waals surface area contributed by atoms with Gasteiger partial charge >= 0.3 is 0 Å². The molecule has 2 aromatic rings. The lowest BCUT2D eigenvalue weighted by Gasteiger charge is -2.08. The first-order valence-electron chi connectivity index (χ1n) is 6.29. The van der Waals surface area contributed by atoms with Crippen molar-refractivity contribution < 1.29 is 4.79 Å². The van der Waals surface area contributed by atoms with Crippen molar-refractivity contribution in [1.29, 1.82) is 0 Å². The number of carbonyl (C=O) groups excluding carboxylic acids is 1. The number of nitrogens with zero attached hydrogens (tertiary/aromatic N) is 3. The summed E-state index contributed by atoms with van der Waals surface area (Å²) in [4.78, 5) is 16.3. The van der Waals surface area contributed by atoms with Gasteiger partial charge < -0.3 is 5.32 Å². The molecule has 0 atom stereocenters. The van der Waals surface area contributed by atoms with Gasteiger partial charge in [0.15, 0.2) is 0 Å². The third kappa shape index (κ3) is 2.90. The molecule has 0 radical (unpaired) electrons. The Labute approximate surface area is 117 Å². The fraction of sp³-hybridized carbons (Fsp3) is 0.286. The molecule has 0 aliphatic rings. The summed E-state index contributed by atoms with van der Waals surface area (Å²) in [6.45, 7) is 5.59. The van der Waals surface area contributed by atoms with Crippen molar-refractivity contribution in [3.05, 3.63) is 40.7 Å². The molecular formula is C14H17N5O. The second-order valence-electron chi connectivity index (χ2n) is 4.54. The van der Waals surface area contributed by atoms with Crippen LogP contribution in [0.4, 0.5) is 11.6 Å². The molecule has 1 aromatic heterocycles. The average molecular weight is 271 g/mol.